The Morgan fingerprint density at radius 3 is 2.85 bits per heavy atom. The predicted molar refractivity (Wildman–Crippen MR) is 64.3 cm³/mol. The second-order valence-corrected chi connectivity index (χ2v) is 4.87. The largest absolute Gasteiger partial charge is 0.389 e. The monoisotopic (exact) mass is 293 g/mol. The molecule has 0 spiro atoms. The second-order valence-electron chi connectivity index (χ2n) is 4.87. The van der Waals surface area contributed by atoms with Crippen LogP contribution in [0.5, 0.6) is 0 Å². The fourth-order valence-corrected chi connectivity index (χ4v) is 2.10. The Labute approximate surface area is 114 Å². The molecule has 2 rings (SSSR count). The molecule has 0 aliphatic carbocycles. The maximum absolute atomic E-state index is 12.1. The van der Waals surface area contributed by atoms with E-state index in [1.807, 2.05) is 0 Å². The van der Waals surface area contributed by atoms with Crippen molar-refractivity contribution in [2.75, 3.05) is 19.8 Å². The van der Waals surface area contributed by atoms with Crippen molar-refractivity contribution in [1.29, 1.82) is 0 Å². The van der Waals surface area contributed by atoms with Crippen molar-refractivity contribution < 1.29 is 22.4 Å². The summed E-state index contributed by atoms with van der Waals surface area (Å²) in [4.78, 5) is 4.06. The molecule has 2 atom stereocenters. The zero-order valence-electron chi connectivity index (χ0n) is 11.2. The highest BCUT2D eigenvalue weighted by atomic mass is 19.4. The molecule has 1 saturated heterocycles. The Morgan fingerprint density at radius 1 is 1.35 bits per heavy atom. The van der Waals surface area contributed by atoms with Gasteiger partial charge >= 0.3 is 6.18 Å². The molecular formula is C12H18F3N3O2. The number of nitrogens with one attached hydrogen (secondary N) is 1. The van der Waals surface area contributed by atoms with E-state index in [0.717, 1.165) is 13.0 Å². The van der Waals surface area contributed by atoms with Gasteiger partial charge in [-0.05, 0) is 13.0 Å². The van der Waals surface area contributed by atoms with E-state index in [2.05, 4.69) is 22.4 Å². The van der Waals surface area contributed by atoms with Crippen LogP contribution in [-0.4, -0.2) is 42.1 Å². The number of ether oxygens (including phenoxy) is 1. The minimum absolute atomic E-state index is 0.0749. The lowest BCUT2D eigenvalue weighted by atomic mass is 10.0. The summed E-state index contributed by atoms with van der Waals surface area (Å²) in [5.74, 6) is 0.362. The van der Waals surface area contributed by atoms with Gasteiger partial charge in [-0.25, -0.2) is 0 Å². The number of hydrogen-bond donors (Lipinski definition) is 1. The van der Waals surface area contributed by atoms with E-state index in [-0.39, 0.29) is 24.2 Å². The van der Waals surface area contributed by atoms with Gasteiger partial charge in [0.25, 0.3) is 0 Å². The summed E-state index contributed by atoms with van der Waals surface area (Å²) in [6, 6.07) is 0.0749. The number of alkyl halides is 3. The molecule has 20 heavy (non-hydrogen) atoms. The molecule has 1 aliphatic heterocycles. The molecule has 1 aliphatic rings. The first-order chi connectivity index (χ1) is 9.49. The van der Waals surface area contributed by atoms with Crippen molar-refractivity contribution in [3.05, 3.63) is 11.7 Å². The van der Waals surface area contributed by atoms with Crippen LogP contribution in [0, 0.1) is 0 Å². The molecule has 0 bridgehead atoms. The van der Waals surface area contributed by atoms with Gasteiger partial charge in [-0.1, -0.05) is 12.1 Å². The van der Waals surface area contributed by atoms with Gasteiger partial charge in [-0.2, -0.15) is 18.2 Å². The quantitative estimate of drug-likeness (QED) is 0.870. The van der Waals surface area contributed by atoms with Gasteiger partial charge in [0.05, 0.1) is 25.6 Å². The molecular weight excluding hydrogens is 275 g/mol. The Morgan fingerprint density at radius 2 is 2.15 bits per heavy atom. The summed E-state index contributed by atoms with van der Waals surface area (Å²) in [6.45, 7) is 3.90. The van der Waals surface area contributed by atoms with E-state index >= 15 is 0 Å². The summed E-state index contributed by atoms with van der Waals surface area (Å²) in [5, 5.41) is 6.92. The molecule has 2 unspecified atom stereocenters. The number of aryl methyl sites for hydroxylation is 1. The van der Waals surface area contributed by atoms with Gasteiger partial charge < -0.3 is 14.6 Å². The van der Waals surface area contributed by atoms with Crippen molar-refractivity contribution in [1.82, 2.24) is 15.5 Å². The number of hydrogen-bond acceptors (Lipinski definition) is 5. The highest BCUT2D eigenvalue weighted by Gasteiger charge is 2.34. The fraction of sp³-hybridized carbons (Fsp3) is 0.833. The molecule has 1 aromatic rings. The maximum atomic E-state index is 12.1. The highest BCUT2D eigenvalue weighted by Crippen LogP contribution is 2.26. The van der Waals surface area contributed by atoms with Crippen LogP contribution in [0.25, 0.3) is 0 Å². The van der Waals surface area contributed by atoms with Crippen molar-refractivity contribution in [3.8, 4) is 0 Å². The van der Waals surface area contributed by atoms with Gasteiger partial charge in [0.2, 0.25) is 5.89 Å². The average molecular weight is 293 g/mol. The smallest absolute Gasteiger partial charge is 0.379 e. The first-order valence-corrected chi connectivity index (χ1v) is 6.70. The van der Waals surface area contributed by atoms with Crippen LogP contribution < -0.4 is 5.32 Å². The van der Waals surface area contributed by atoms with E-state index in [0.29, 0.717) is 19.1 Å². The predicted octanol–water partition coefficient (Wildman–Crippen LogP) is 2.05. The van der Waals surface area contributed by atoms with Gasteiger partial charge in [0.15, 0.2) is 5.82 Å². The van der Waals surface area contributed by atoms with Crippen LogP contribution in [-0.2, 0) is 11.2 Å². The van der Waals surface area contributed by atoms with Gasteiger partial charge in [-0.15, -0.1) is 0 Å². The van der Waals surface area contributed by atoms with Crippen LogP contribution in [0.2, 0.25) is 0 Å². The Kier molecular flexibility index (Phi) is 4.98. The van der Waals surface area contributed by atoms with Crippen molar-refractivity contribution >= 4 is 0 Å². The Bertz CT molecular complexity index is 422. The average Bonchev–Trinajstić information content (AvgIpc) is 3.01. The van der Waals surface area contributed by atoms with Crippen molar-refractivity contribution in [3.63, 3.8) is 0 Å². The molecule has 0 radical (unpaired) electrons. The van der Waals surface area contributed by atoms with E-state index in [9.17, 15) is 13.2 Å². The molecule has 0 saturated carbocycles. The van der Waals surface area contributed by atoms with Gasteiger partial charge in [0.1, 0.15) is 0 Å². The fourth-order valence-electron chi connectivity index (χ4n) is 2.10. The molecule has 1 aromatic heterocycles. The topological polar surface area (TPSA) is 60.2 Å². The van der Waals surface area contributed by atoms with Crippen molar-refractivity contribution in [2.24, 2.45) is 0 Å². The van der Waals surface area contributed by atoms with Crippen LogP contribution in [0.4, 0.5) is 13.2 Å². The third-order valence-electron chi connectivity index (χ3n) is 3.17. The zero-order valence-corrected chi connectivity index (χ0v) is 11.2. The van der Waals surface area contributed by atoms with Gasteiger partial charge in [0, 0.05) is 12.5 Å². The molecule has 2 heterocycles. The summed E-state index contributed by atoms with van der Waals surface area (Å²) in [5.41, 5.74) is 0. The van der Waals surface area contributed by atoms with Crippen LogP contribution in [0.1, 0.15) is 37.4 Å². The third-order valence-corrected chi connectivity index (χ3v) is 3.17. The minimum Gasteiger partial charge on any atom is -0.379 e. The van der Waals surface area contributed by atoms with Crippen LogP contribution >= 0.6 is 0 Å². The van der Waals surface area contributed by atoms with Crippen molar-refractivity contribution in [2.45, 2.75) is 44.3 Å². The van der Waals surface area contributed by atoms with Crippen LogP contribution in [0.15, 0.2) is 4.52 Å². The zero-order chi connectivity index (χ0) is 14.6. The van der Waals surface area contributed by atoms with E-state index in [4.69, 9.17) is 9.26 Å². The standard InChI is InChI=1S/C12H18F3N3O2/c1-2-5-16-9-7-19-6-8(9)11-17-10(18-20-11)3-4-12(13,14)15/h8-9,16H,2-7H2,1H3. The molecule has 5 nitrogen and oxygen atoms in total. The number of aromatic nitrogens is 2. The lowest BCUT2D eigenvalue weighted by Gasteiger charge is -2.14. The molecule has 114 valence electrons. The Hall–Kier alpha value is -1.15. The highest BCUT2D eigenvalue weighted by molar-refractivity contribution is 5.02. The summed E-state index contributed by atoms with van der Waals surface area (Å²) in [7, 11) is 0. The summed E-state index contributed by atoms with van der Waals surface area (Å²) < 4.78 is 46.9. The SMILES string of the molecule is CCCNC1COCC1c1nc(CCC(F)(F)F)no1. The Balaban J connectivity index is 1.93. The first-order valence-electron chi connectivity index (χ1n) is 6.70. The van der Waals surface area contributed by atoms with Crippen LogP contribution in [0.3, 0.4) is 0 Å². The number of halogens is 3. The molecule has 1 fully saturated rings. The molecule has 8 heteroatoms. The molecule has 1 N–H and O–H groups in total. The minimum atomic E-state index is -4.21. The maximum Gasteiger partial charge on any atom is 0.389 e. The first kappa shape index (κ1) is 15.2. The number of rotatable bonds is 6. The molecule has 0 aromatic carbocycles. The van der Waals surface area contributed by atoms with E-state index in [1.54, 1.807) is 0 Å². The molecule has 0 amide bonds. The third kappa shape index (κ3) is 4.17. The number of nitrogens with zero attached hydrogens (tertiary/aromatic N) is 2. The lowest BCUT2D eigenvalue weighted by Crippen LogP contribution is -2.35. The van der Waals surface area contributed by atoms with Gasteiger partial charge in [-0.3, -0.25) is 0 Å². The van der Waals surface area contributed by atoms with E-state index in [1.165, 1.54) is 0 Å². The van der Waals surface area contributed by atoms with E-state index < -0.39 is 12.6 Å². The summed E-state index contributed by atoms with van der Waals surface area (Å²) >= 11 is 0. The lowest BCUT2D eigenvalue weighted by molar-refractivity contribution is -0.134. The second kappa shape index (κ2) is 6.53. The summed E-state index contributed by atoms with van der Waals surface area (Å²) in [6.07, 6.45) is -4.41. The normalized spacial score (nSPS) is 23.4.